The van der Waals surface area contributed by atoms with Gasteiger partial charge in [0.2, 0.25) is 0 Å². The molecule has 0 heterocycles. The summed E-state index contributed by atoms with van der Waals surface area (Å²) in [6, 6.07) is 0. The summed E-state index contributed by atoms with van der Waals surface area (Å²) in [7, 11) is 0. The second-order valence-electron chi connectivity index (χ2n) is 4.36. The fourth-order valence-electron chi connectivity index (χ4n) is 1.52. The lowest BCUT2D eigenvalue weighted by molar-refractivity contribution is 0.0889. The molecule has 0 aromatic heterocycles. The highest BCUT2D eigenvalue weighted by Crippen LogP contribution is 2.07. The lowest BCUT2D eigenvalue weighted by Crippen LogP contribution is -2.02. The summed E-state index contributed by atoms with van der Waals surface area (Å²) in [5.74, 6) is 7.59. The molecular weight excluding hydrogens is 200 g/mol. The van der Waals surface area contributed by atoms with Crippen molar-refractivity contribution < 1.29 is 9.84 Å². The van der Waals surface area contributed by atoms with Crippen molar-refractivity contribution in [1.82, 2.24) is 0 Å². The molecule has 0 fully saturated rings. The van der Waals surface area contributed by atoms with Crippen LogP contribution >= 0.6 is 0 Å². The number of aliphatic hydroxyl groups is 1. The fourth-order valence-corrected chi connectivity index (χ4v) is 1.52. The zero-order chi connectivity index (χ0) is 12.2. The lowest BCUT2D eigenvalue weighted by Gasteiger charge is -2.05. The summed E-state index contributed by atoms with van der Waals surface area (Å²) in [5.41, 5.74) is 0. The molecule has 0 radical (unpaired) electrons. The largest absolute Gasteiger partial charge is 0.394 e. The van der Waals surface area contributed by atoms with Crippen LogP contribution in [-0.4, -0.2) is 24.9 Å². The Labute approximate surface area is 100 Å². The van der Waals surface area contributed by atoms with Crippen LogP contribution in [0.2, 0.25) is 0 Å². The maximum atomic E-state index is 8.52. The van der Waals surface area contributed by atoms with E-state index in [4.69, 9.17) is 9.84 Å². The molecule has 0 aliphatic rings. The molecule has 2 atom stereocenters. The van der Waals surface area contributed by atoms with Crippen molar-refractivity contribution in [3.05, 3.63) is 0 Å². The van der Waals surface area contributed by atoms with Crippen LogP contribution in [0.4, 0.5) is 0 Å². The minimum absolute atomic E-state index is 0.115. The number of rotatable bonds is 8. The Bertz CT molecular complexity index is 203. The van der Waals surface area contributed by atoms with Crippen molar-refractivity contribution in [3.63, 3.8) is 0 Å². The quantitative estimate of drug-likeness (QED) is 0.509. The SMILES string of the molecule is CCCC(C)C#CC(C)CCCOCCO. The molecule has 0 aliphatic carbocycles. The van der Waals surface area contributed by atoms with Gasteiger partial charge in [-0.2, -0.15) is 0 Å². The maximum absolute atomic E-state index is 8.52. The van der Waals surface area contributed by atoms with Gasteiger partial charge in [-0.3, -0.25) is 0 Å². The van der Waals surface area contributed by atoms with E-state index in [1.807, 2.05) is 0 Å². The van der Waals surface area contributed by atoms with Crippen LogP contribution in [0.15, 0.2) is 0 Å². The van der Waals surface area contributed by atoms with Crippen molar-refractivity contribution in [2.24, 2.45) is 11.8 Å². The topological polar surface area (TPSA) is 29.5 Å². The highest BCUT2D eigenvalue weighted by atomic mass is 16.5. The van der Waals surface area contributed by atoms with Gasteiger partial charge in [-0.25, -0.2) is 0 Å². The minimum atomic E-state index is 0.115. The third kappa shape index (κ3) is 10.0. The van der Waals surface area contributed by atoms with Gasteiger partial charge in [0.1, 0.15) is 0 Å². The highest BCUT2D eigenvalue weighted by Gasteiger charge is 1.98. The second-order valence-corrected chi connectivity index (χ2v) is 4.36. The molecular formula is C14H26O2. The molecule has 0 aromatic rings. The van der Waals surface area contributed by atoms with E-state index in [1.165, 1.54) is 12.8 Å². The predicted octanol–water partition coefficient (Wildman–Crippen LogP) is 2.85. The van der Waals surface area contributed by atoms with Gasteiger partial charge in [0.15, 0.2) is 0 Å². The van der Waals surface area contributed by atoms with Gasteiger partial charge in [-0.15, -0.1) is 0 Å². The summed E-state index contributed by atoms with van der Waals surface area (Å²) in [5, 5.41) is 8.52. The van der Waals surface area contributed by atoms with E-state index in [1.54, 1.807) is 0 Å². The molecule has 0 bridgehead atoms. The van der Waals surface area contributed by atoms with Gasteiger partial charge in [-0.1, -0.05) is 39.0 Å². The van der Waals surface area contributed by atoms with E-state index in [0.717, 1.165) is 19.4 Å². The normalized spacial score (nSPS) is 14.0. The van der Waals surface area contributed by atoms with E-state index in [-0.39, 0.29) is 6.61 Å². The number of ether oxygens (including phenoxy) is 1. The van der Waals surface area contributed by atoms with E-state index < -0.39 is 0 Å². The molecule has 2 unspecified atom stereocenters. The van der Waals surface area contributed by atoms with Gasteiger partial charge < -0.3 is 9.84 Å². The Morgan fingerprint density at radius 3 is 2.25 bits per heavy atom. The number of hydrogen-bond donors (Lipinski definition) is 1. The standard InChI is InChI=1S/C14H26O2/c1-4-6-13(2)8-9-14(3)7-5-11-16-12-10-15/h13-15H,4-7,10-12H2,1-3H3. The van der Waals surface area contributed by atoms with E-state index >= 15 is 0 Å². The zero-order valence-corrected chi connectivity index (χ0v) is 11.0. The Hall–Kier alpha value is -0.520. The minimum Gasteiger partial charge on any atom is -0.394 e. The predicted molar refractivity (Wildman–Crippen MR) is 68.2 cm³/mol. The molecule has 0 spiro atoms. The second kappa shape index (κ2) is 11.0. The summed E-state index contributed by atoms with van der Waals surface area (Å²) in [6.07, 6.45) is 4.51. The first-order valence-electron chi connectivity index (χ1n) is 6.40. The summed E-state index contributed by atoms with van der Waals surface area (Å²) < 4.78 is 5.20. The molecule has 2 nitrogen and oxygen atoms in total. The third-order valence-corrected chi connectivity index (χ3v) is 2.46. The highest BCUT2D eigenvalue weighted by molar-refractivity contribution is 5.05. The smallest absolute Gasteiger partial charge is 0.0697 e. The number of hydrogen-bond acceptors (Lipinski definition) is 2. The van der Waals surface area contributed by atoms with Gasteiger partial charge in [-0.05, 0) is 19.3 Å². The monoisotopic (exact) mass is 226 g/mol. The van der Waals surface area contributed by atoms with Crippen molar-refractivity contribution in [1.29, 1.82) is 0 Å². The molecule has 0 saturated carbocycles. The van der Waals surface area contributed by atoms with Crippen LogP contribution in [0, 0.1) is 23.7 Å². The Balaban J connectivity index is 3.52. The molecule has 0 saturated heterocycles. The van der Waals surface area contributed by atoms with E-state index in [9.17, 15) is 0 Å². The molecule has 16 heavy (non-hydrogen) atoms. The van der Waals surface area contributed by atoms with Crippen LogP contribution in [0.5, 0.6) is 0 Å². The Morgan fingerprint density at radius 2 is 1.69 bits per heavy atom. The van der Waals surface area contributed by atoms with Crippen molar-refractivity contribution >= 4 is 0 Å². The van der Waals surface area contributed by atoms with Gasteiger partial charge in [0.25, 0.3) is 0 Å². The first kappa shape index (κ1) is 15.5. The van der Waals surface area contributed by atoms with Crippen LogP contribution in [-0.2, 0) is 4.74 Å². The first-order chi connectivity index (χ1) is 7.70. The molecule has 0 amide bonds. The molecule has 2 heteroatoms. The van der Waals surface area contributed by atoms with E-state index in [2.05, 4.69) is 32.6 Å². The fraction of sp³-hybridized carbons (Fsp3) is 0.857. The summed E-state index contributed by atoms with van der Waals surface area (Å²) in [6.45, 7) is 7.85. The third-order valence-electron chi connectivity index (χ3n) is 2.46. The molecule has 0 aromatic carbocycles. The van der Waals surface area contributed by atoms with Crippen molar-refractivity contribution in [2.45, 2.75) is 46.5 Å². The van der Waals surface area contributed by atoms with Gasteiger partial charge in [0, 0.05) is 18.4 Å². The lowest BCUT2D eigenvalue weighted by atomic mass is 10.0. The van der Waals surface area contributed by atoms with Crippen LogP contribution in [0.25, 0.3) is 0 Å². The average molecular weight is 226 g/mol. The molecule has 1 N–H and O–H groups in total. The van der Waals surface area contributed by atoms with E-state index in [0.29, 0.717) is 18.4 Å². The van der Waals surface area contributed by atoms with Gasteiger partial charge in [0.05, 0.1) is 13.2 Å². The molecule has 0 aliphatic heterocycles. The summed E-state index contributed by atoms with van der Waals surface area (Å²) >= 11 is 0. The van der Waals surface area contributed by atoms with Gasteiger partial charge >= 0.3 is 0 Å². The summed E-state index contributed by atoms with van der Waals surface area (Å²) in [4.78, 5) is 0. The molecule has 94 valence electrons. The zero-order valence-electron chi connectivity index (χ0n) is 11.0. The maximum Gasteiger partial charge on any atom is 0.0697 e. The first-order valence-corrected chi connectivity index (χ1v) is 6.40. The van der Waals surface area contributed by atoms with Crippen LogP contribution in [0.1, 0.15) is 46.5 Å². The Kier molecular flexibility index (Phi) is 10.6. The number of aliphatic hydroxyl groups excluding tert-OH is 1. The van der Waals surface area contributed by atoms with Crippen LogP contribution in [0.3, 0.4) is 0 Å². The average Bonchev–Trinajstić information content (AvgIpc) is 2.26. The van der Waals surface area contributed by atoms with Crippen molar-refractivity contribution in [3.8, 4) is 11.8 Å². The van der Waals surface area contributed by atoms with Crippen LogP contribution < -0.4 is 0 Å². The van der Waals surface area contributed by atoms with Crippen molar-refractivity contribution in [2.75, 3.05) is 19.8 Å². The Morgan fingerprint density at radius 1 is 1.06 bits per heavy atom. The molecule has 0 rings (SSSR count).